The number of rotatable bonds is 6. The van der Waals surface area contributed by atoms with Gasteiger partial charge >= 0.3 is 0 Å². The number of aliphatic imine (C=N–C) groups is 1. The maximum absolute atomic E-state index is 11.5. The second-order valence-corrected chi connectivity index (χ2v) is 7.80. The van der Waals surface area contributed by atoms with Gasteiger partial charge in [0.05, 0.1) is 18.1 Å². The lowest BCUT2D eigenvalue weighted by atomic mass is 10.1. The highest BCUT2D eigenvalue weighted by Gasteiger charge is 2.28. The average Bonchev–Trinajstić information content (AvgIpc) is 2.89. The lowest BCUT2D eigenvalue weighted by Crippen LogP contribution is -2.43. The minimum absolute atomic E-state index is 0. The van der Waals surface area contributed by atoms with Crippen LogP contribution in [0.25, 0.3) is 0 Å². The van der Waals surface area contributed by atoms with E-state index in [1.807, 2.05) is 25.1 Å². The second-order valence-electron chi connectivity index (χ2n) is 5.58. The Hall–Kier alpha value is -0.870. The van der Waals surface area contributed by atoms with E-state index in [1.54, 1.807) is 7.05 Å². The van der Waals surface area contributed by atoms with Crippen molar-refractivity contribution in [2.75, 3.05) is 25.2 Å². The van der Waals surface area contributed by atoms with Gasteiger partial charge in [0, 0.05) is 26.2 Å². The first kappa shape index (κ1) is 21.2. The molecule has 0 aromatic heterocycles. The molecule has 136 valence electrons. The molecular formula is C16H26IN3O3S. The first-order valence-electron chi connectivity index (χ1n) is 7.86. The molecule has 2 rings (SSSR count). The summed E-state index contributed by atoms with van der Waals surface area (Å²) in [5, 5.41) is 6.43. The molecule has 6 nitrogen and oxygen atoms in total. The summed E-state index contributed by atoms with van der Waals surface area (Å²) in [6.45, 7) is 3.85. The molecule has 1 aliphatic heterocycles. The fourth-order valence-electron chi connectivity index (χ4n) is 2.56. The number of benzene rings is 1. The Bertz CT molecular complexity index is 650. The van der Waals surface area contributed by atoms with Crippen LogP contribution >= 0.6 is 24.0 Å². The van der Waals surface area contributed by atoms with Crippen molar-refractivity contribution in [2.45, 2.75) is 32.5 Å². The highest BCUT2D eigenvalue weighted by Crippen LogP contribution is 2.12. The summed E-state index contributed by atoms with van der Waals surface area (Å²) in [7, 11) is -1.21. The molecule has 1 aromatic rings. The summed E-state index contributed by atoms with van der Waals surface area (Å²) in [6.07, 6.45) is 0.629. The summed E-state index contributed by atoms with van der Waals surface area (Å²) in [6, 6.07) is 8.02. The van der Waals surface area contributed by atoms with Crippen LogP contribution in [0.5, 0.6) is 0 Å². The van der Waals surface area contributed by atoms with Gasteiger partial charge in [0.25, 0.3) is 0 Å². The van der Waals surface area contributed by atoms with E-state index in [0.717, 1.165) is 11.1 Å². The third kappa shape index (κ3) is 6.56. The Morgan fingerprint density at radius 2 is 2.04 bits per heavy atom. The molecule has 0 spiro atoms. The molecule has 0 aliphatic carbocycles. The number of sulfone groups is 1. The van der Waals surface area contributed by atoms with Crippen LogP contribution in [-0.4, -0.2) is 45.6 Å². The SMILES string of the molecule is CCOCc1ccccc1CNC(=NC)NC1CCS(=O)(=O)C1.I. The van der Waals surface area contributed by atoms with Gasteiger partial charge in [-0.2, -0.15) is 0 Å². The lowest BCUT2D eigenvalue weighted by Gasteiger charge is -2.17. The zero-order valence-corrected chi connectivity index (χ0v) is 17.3. The molecule has 0 bridgehead atoms. The first-order valence-corrected chi connectivity index (χ1v) is 9.68. The predicted octanol–water partition coefficient (Wildman–Crippen LogP) is 1.69. The van der Waals surface area contributed by atoms with Gasteiger partial charge in [-0.3, -0.25) is 4.99 Å². The third-order valence-electron chi connectivity index (χ3n) is 3.82. The number of nitrogens with one attached hydrogen (secondary N) is 2. The minimum atomic E-state index is -2.90. The van der Waals surface area contributed by atoms with E-state index in [1.165, 1.54) is 0 Å². The minimum Gasteiger partial charge on any atom is -0.377 e. The number of nitrogens with zero attached hydrogens (tertiary/aromatic N) is 1. The number of hydrogen-bond acceptors (Lipinski definition) is 4. The maximum Gasteiger partial charge on any atom is 0.191 e. The van der Waals surface area contributed by atoms with Gasteiger partial charge < -0.3 is 15.4 Å². The van der Waals surface area contributed by atoms with E-state index >= 15 is 0 Å². The monoisotopic (exact) mass is 467 g/mol. The molecule has 1 fully saturated rings. The van der Waals surface area contributed by atoms with Gasteiger partial charge in [0.1, 0.15) is 0 Å². The van der Waals surface area contributed by atoms with Crippen LogP contribution in [0, 0.1) is 0 Å². The molecule has 2 N–H and O–H groups in total. The van der Waals surface area contributed by atoms with E-state index in [9.17, 15) is 8.42 Å². The Balaban J connectivity index is 0.00000288. The molecule has 1 saturated heterocycles. The van der Waals surface area contributed by atoms with Crippen LogP contribution in [0.1, 0.15) is 24.5 Å². The predicted molar refractivity (Wildman–Crippen MR) is 108 cm³/mol. The lowest BCUT2D eigenvalue weighted by molar-refractivity contribution is 0.133. The number of hydrogen-bond donors (Lipinski definition) is 2. The number of ether oxygens (including phenoxy) is 1. The third-order valence-corrected chi connectivity index (χ3v) is 5.59. The van der Waals surface area contributed by atoms with Gasteiger partial charge in [0.2, 0.25) is 0 Å². The zero-order chi connectivity index (χ0) is 16.7. The topological polar surface area (TPSA) is 79.8 Å². The normalized spacial score (nSPS) is 19.6. The highest BCUT2D eigenvalue weighted by molar-refractivity contribution is 14.0. The van der Waals surface area contributed by atoms with Crippen molar-refractivity contribution in [3.05, 3.63) is 35.4 Å². The molecular weight excluding hydrogens is 441 g/mol. The largest absolute Gasteiger partial charge is 0.377 e. The van der Waals surface area contributed by atoms with Gasteiger partial charge in [-0.05, 0) is 24.5 Å². The quantitative estimate of drug-likeness (QED) is 0.378. The molecule has 1 aliphatic rings. The van der Waals surface area contributed by atoms with Crippen molar-refractivity contribution in [1.29, 1.82) is 0 Å². The highest BCUT2D eigenvalue weighted by atomic mass is 127. The van der Waals surface area contributed by atoms with Crippen LogP contribution in [0.3, 0.4) is 0 Å². The maximum atomic E-state index is 11.5. The molecule has 0 saturated carbocycles. The number of halogens is 1. The molecule has 8 heteroatoms. The molecule has 1 unspecified atom stereocenters. The van der Waals surface area contributed by atoms with E-state index in [4.69, 9.17) is 4.74 Å². The Morgan fingerprint density at radius 3 is 2.62 bits per heavy atom. The van der Waals surface area contributed by atoms with Gasteiger partial charge in [-0.25, -0.2) is 8.42 Å². The van der Waals surface area contributed by atoms with Gasteiger partial charge in [-0.15, -0.1) is 24.0 Å². The Labute approximate surface area is 161 Å². The van der Waals surface area contributed by atoms with E-state index in [-0.39, 0.29) is 41.5 Å². The average molecular weight is 467 g/mol. The fourth-order valence-corrected chi connectivity index (χ4v) is 4.23. The Morgan fingerprint density at radius 1 is 1.33 bits per heavy atom. The van der Waals surface area contributed by atoms with E-state index in [2.05, 4.69) is 21.7 Å². The van der Waals surface area contributed by atoms with Crippen LogP contribution in [0.15, 0.2) is 29.3 Å². The molecule has 1 atom stereocenters. The number of guanidine groups is 1. The summed E-state index contributed by atoms with van der Waals surface area (Å²) in [4.78, 5) is 4.17. The van der Waals surface area contributed by atoms with E-state index in [0.29, 0.717) is 32.1 Å². The summed E-state index contributed by atoms with van der Waals surface area (Å²) in [5.41, 5.74) is 2.28. The second kappa shape index (κ2) is 10.2. The molecule has 24 heavy (non-hydrogen) atoms. The van der Waals surface area contributed by atoms with Crippen molar-refractivity contribution in [3.8, 4) is 0 Å². The smallest absolute Gasteiger partial charge is 0.191 e. The Kier molecular flexibility index (Phi) is 8.99. The van der Waals surface area contributed by atoms with Crippen LogP contribution < -0.4 is 10.6 Å². The van der Waals surface area contributed by atoms with E-state index < -0.39 is 9.84 Å². The molecule has 0 amide bonds. The van der Waals surface area contributed by atoms with Crippen molar-refractivity contribution in [2.24, 2.45) is 4.99 Å². The fraction of sp³-hybridized carbons (Fsp3) is 0.562. The summed E-state index contributed by atoms with van der Waals surface area (Å²) < 4.78 is 28.5. The molecule has 0 radical (unpaired) electrons. The van der Waals surface area contributed by atoms with Crippen molar-refractivity contribution >= 4 is 39.8 Å². The van der Waals surface area contributed by atoms with Gasteiger partial charge in [0.15, 0.2) is 15.8 Å². The van der Waals surface area contributed by atoms with Crippen LogP contribution in [0.2, 0.25) is 0 Å². The van der Waals surface area contributed by atoms with Crippen molar-refractivity contribution in [1.82, 2.24) is 10.6 Å². The summed E-state index contributed by atoms with van der Waals surface area (Å²) >= 11 is 0. The van der Waals surface area contributed by atoms with Gasteiger partial charge in [-0.1, -0.05) is 24.3 Å². The zero-order valence-electron chi connectivity index (χ0n) is 14.1. The first-order chi connectivity index (χ1) is 11.0. The van der Waals surface area contributed by atoms with Crippen LogP contribution in [-0.2, 0) is 27.7 Å². The van der Waals surface area contributed by atoms with Crippen molar-refractivity contribution in [3.63, 3.8) is 0 Å². The standard InChI is InChI=1S/C16H25N3O3S.HI/c1-3-22-11-14-7-5-4-6-13(14)10-18-16(17-2)19-15-8-9-23(20,21)12-15;/h4-7,15H,3,8-12H2,1-2H3,(H2,17,18,19);1H. The van der Waals surface area contributed by atoms with Crippen molar-refractivity contribution < 1.29 is 13.2 Å². The summed E-state index contributed by atoms with van der Waals surface area (Å²) in [5.74, 6) is 1.05. The molecule has 1 aromatic carbocycles. The molecule has 1 heterocycles. The van der Waals surface area contributed by atoms with Crippen LogP contribution in [0.4, 0.5) is 0 Å².